The first-order valence-corrected chi connectivity index (χ1v) is 5.92. The van der Waals surface area contributed by atoms with Gasteiger partial charge in [-0.3, -0.25) is 0 Å². The van der Waals surface area contributed by atoms with Gasteiger partial charge in [0.05, 0.1) is 17.9 Å². The first-order valence-electron chi connectivity index (χ1n) is 5.92. The fourth-order valence-electron chi connectivity index (χ4n) is 2.64. The number of rotatable bonds is 3. The van der Waals surface area contributed by atoms with Crippen LogP contribution >= 0.6 is 0 Å². The first-order chi connectivity index (χ1) is 7.31. The van der Waals surface area contributed by atoms with Crippen molar-refractivity contribution in [1.29, 1.82) is 0 Å². The normalized spacial score (nSPS) is 28.9. The molecule has 3 unspecified atom stereocenters. The average Bonchev–Trinajstić information content (AvgIpc) is 2.81. The molecule has 3 N–H and O–H groups in total. The van der Waals surface area contributed by atoms with Crippen molar-refractivity contribution >= 4 is 0 Å². The van der Waals surface area contributed by atoms with Gasteiger partial charge in [0.2, 0.25) is 0 Å². The van der Waals surface area contributed by atoms with Crippen molar-refractivity contribution in [2.75, 3.05) is 0 Å². The van der Waals surface area contributed by atoms with Gasteiger partial charge in [-0.15, -0.1) is 0 Å². The Bertz CT molecular complexity index is 283. The number of nitrogens with two attached hydrogens (primary N) is 1. The second kappa shape index (κ2) is 4.75. The maximum absolute atomic E-state index is 6.21. The number of nitrogens with one attached hydrogen (secondary N) is 1. The molecule has 0 aromatic carbocycles. The molecular weight excluding hydrogens is 188 g/mol. The fraction of sp³-hybridized carbons (Fsp3) is 0.818. The lowest BCUT2D eigenvalue weighted by Gasteiger charge is -2.31. The Morgan fingerprint density at radius 1 is 1.60 bits per heavy atom. The molecular formula is C11H20N4. The highest BCUT2D eigenvalue weighted by Gasteiger charge is 2.27. The van der Waals surface area contributed by atoms with E-state index in [2.05, 4.69) is 22.3 Å². The number of aromatic amines is 1. The van der Waals surface area contributed by atoms with Gasteiger partial charge in [0.25, 0.3) is 0 Å². The molecule has 1 saturated carbocycles. The Kier molecular flexibility index (Phi) is 3.36. The molecule has 0 amide bonds. The standard InChI is InChI=1S/C11H20N4/c1-2-8-4-3-5-9(6-8)11(12)10-7-13-15-14-10/h7-9,11H,2-6,12H2,1H3,(H,13,14,15). The maximum atomic E-state index is 6.21. The molecule has 0 radical (unpaired) electrons. The van der Waals surface area contributed by atoms with E-state index in [0.717, 1.165) is 11.6 Å². The predicted octanol–water partition coefficient (Wildman–Crippen LogP) is 2.02. The van der Waals surface area contributed by atoms with Crippen LogP contribution < -0.4 is 5.73 Å². The Labute approximate surface area is 90.6 Å². The Hall–Kier alpha value is -0.900. The summed E-state index contributed by atoms with van der Waals surface area (Å²) in [5, 5.41) is 10.5. The Balaban J connectivity index is 1.98. The number of aromatic nitrogens is 3. The van der Waals surface area contributed by atoms with Gasteiger partial charge in [-0.25, -0.2) is 0 Å². The monoisotopic (exact) mass is 208 g/mol. The highest BCUT2D eigenvalue weighted by molar-refractivity contribution is 5.01. The van der Waals surface area contributed by atoms with Crippen molar-refractivity contribution in [2.24, 2.45) is 17.6 Å². The summed E-state index contributed by atoms with van der Waals surface area (Å²) in [6.45, 7) is 2.27. The summed E-state index contributed by atoms with van der Waals surface area (Å²) in [4.78, 5) is 0. The van der Waals surface area contributed by atoms with Crippen LogP contribution in [0, 0.1) is 11.8 Å². The van der Waals surface area contributed by atoms with Crippen LogP contribution in [0.1, 0.15) is 50.8 Å². The van der Waals surface area contributed by atoms with Crippen LogP contribution in [0.15, 0.2) is 6.20 Å². The average molecular weight is 208 g/mol. The largest absolute Gasteiger partial charge is 0.322 e. The quantitative estimate of drug-likeness (QED) is 0.798. The highest BCUT2D eigenvalue weighted by Crippen LogP contribution is 2.36. The topological polar surface area (TPSA) is 67.6 Å². The van der Waals surface area contributed by atoms with E-state index < -0.39 is 0 Å². The molecule has 1 aromatic rings. The summed E-state index contributed by atoms with van der Waals surface area (Å²) in [7, 11) is 0. The summed E-state index contributed by atoms with van der Waals surface area (Å²) in [6.07, 6.45) is 8.21. The van der Waals surface area contributed by atoms with Crippen LogP contribution in [-0.2, 0) is 0 Å². The zero-order valence-corrected chi connectivity index (χ0v) is 9.32. The van der Waals surface area contributed by atoms with Crippen molar-refractivity contribution in [1.82, 2.24) is 15.4 Å². The van der Waals surface area contributed by atoms with Gasteiger partial charge in [0.1, 0.15) is 0 Å². The van der Waals surface area contributed by atoms with Crippen LogP contribution in [0.2, 0.25) is 0 Å². The second-order valence-corrected chi connectivity index (χ2v) is 4.62. The molecule has 1 aromatic heterocycles. The zero-order valence-electron chi connectivity index (χ0n) is 9.32. The molecule has 1 fully saturated rings. The first kappa shape index (κ1) is 10.6. The van der Waals surface area contributed by atoms with Crippen LogP contribution in [0.4, 0.5) is 0 Å². The zero-order chi connectivity index (χ0) is 10.7. The minimum absolute atomic E-state index is 0.0677. The number of hydrogen-bond donors (Lipinski definition) is 2. The number of nitrogens with zero attached hydrogens (tertiary/aromatic N) is 2. The van der Waals surface area contributed by atoms with Gasteiger partial charge in [-0.1, -0.05) is 26.2 Å². The van der Waals surface area contributed by atoms with Crippen molar-refractivity contribution in [3.63, 3.8) is 0 Å². The molecule has 0 spiro atoms. The van der Waals surface area contributed by atoms with E-state index in [0.29, 0.717) is 5.92 Å². The van der Waals surface area contributed by atoms with E-state index in [1.54, 1.807) is 6.20 Å². The molecule has 1 aliphatic carbocycles. The van der Waals surface area contributed by atoms with E-state index in [4.69, 9.17) is 5.73 Å². The minimum Gasteiger partial charge on any atom is -0.322 e. The van der Waals surface area contributed by atoms with E-state index in [-0.39, 0.29) is 6.04 Å². The molecule has 4 heteroatoms. The van der Waals surface area contributed by atoms with E-state index in [9.17, 15) is 0 Å². The van der Waals surface area contributed by atoms with Crippen molar-refractivity contribution in [3.05, 3.63) is 11.9 Å². The van der Waals surface area contributed by atoms with Crippen LogP contribution in [0.3, 0.4) is 0 Å². The van der Waals surface area contributed by atoms with Crippen LogP contribution in [-0.4, -0.2) is 15.4 Å². The van der Waals surface area contributed by atoms with Gasteiger partial charge in [0, 0.05) is 0 Å². The van der Waals surface area contributed by atoms with Crippen molar-refractivity contribution in [3.8, 4) is 0 Å². The van der Waals surface area contributed by atoms with Gasteiger partial charge < -0.3 is 5.73 Å². The van der Waals surface area contributed by atoms with Gasteiger partial charge in [-0.2, -0.15) is 15.4 Å². The molecule has 0 aliphatic heterocycles. The van der Waals surface area contributed by atoms with Crippen molar-refractivity contribution in [2.45, 2.75) is 45.1 Å². The summed E-state index contributed by atoms with van der Waals surface area (Å²) >= 11 is 0. The van der Waals surface area contributed by atoms with Crippen LogP contribution in [0.5, 0.6) is 0 Å². The predicted molar refractivity (Wildman–Crippen MR) is 59.1 cm³/mol. The van der Waals surface area contributed by atoms with Gasteiger partial charge in [0.15, 0.2) is 0 Å². The lowest BCUT2D eigenvalue weighted by molar-refractivity contribution is 0.228. The summed E-state index contributed by atoms with van der Waals surface area (Å²) in [5.41, 5.74) is 7.12. The molecule has 0 bridgehead atoms. The third kappa shape index (κ3) is 2.37. The molecule has 1 heterocycles. The summed E-state index contributed by atoms with van der Waals surface area (Å²) in [5.74, 6) is 1.45. The minimum atomic E-state index is 0.0677. The molecule has 1 aliphatic rings. The highest BCUT2D eigenvalue weighted by atomic mass is 15.3. The van der Waals surface area contributed by atoms with E-state index in [1.165, 1.54) is 32.1 Å². The smallest absolute Gasteiger partial charge is 0.0994 e. The van der Waals surface area contributed by atoms with Gasteiger partial charge >= 0.3 is 0 Å². The molecule has 3 atom stereocenters. The van der Waals surface area contributed by atoms with Crippen LogP contribution in [0.25, 0.3) is 0 Å². The Morgan fingerprint density at radius 3 is 3.13 bits per heavy atom. The molecule has 15 heavy (non-hydrogen) atoms. The fourth-order valence-corrected chi connectivity index (χ4v) is 2.64. The molecule has 0 saturated heterocycles. The third-order valence-electron chi connectivity index (χ3n) is 3.68. The van der Waals surface area contributed by atoms with E-state index >= 15 is 0 Å². The molecule has 4 nitrogen and oxygen atoms in total. The summed E-state index contributed by atoms with van der Waals surface area (Å²) < 4.78 is 0. The number of hydrogen-bond acceptors (Lipinski definition) is 3. The maximum Gasteiger partial charge on any atom is 0.0994 e. The molecule has 84 valence electrons. The molecule has 2 rings (SSSR count). The van der Waals surface area contributed by atoms with Crippen molar-refractivity contribution < 1.29 is 0 Å². The number of H-pyrrole nitrogens is 1. The van der Waals surface area contributed by atoms with E-state index in [1.807, 2.05) is 0 Å². The third-order valence-corrected chi connectivity index (χ3v) is 3.68. The second-order valence-electron chi connectivity index (χ2n) is 4.62. The lowest BCUT2D eigenvalue weighted by Crippen LogP contribution is -2.27. The lowest BCUT2D eigenvalue weighted by atomic mass is 9.76. The Morgan fingerprint density at radius 2 is 2.47 bits per heavy atom. The summed E-state index contributed by atoms with van der Waals surface area (Å²) in [6, 6.07) is 0.0677. The van der Waals surface area contributed by atoms with Gasteiger partial charge in [-0.05, 0) is 24.7 Å². The SMILES string of the molecule is CCC1CCCC(C(N)c2cn[nH]n2)C1.